The van der Waals surface area contributed by atoms with Crippen LogP contribution >= 0.6 is 0 Å². The molecule has 0 saturated carbocycles. The fourth-order valence-corrected chi connectivity index (χ4v) is 6.91. The van der Waals surface area contributed by atoms with Gasteiger partial charge in [-0.15, -0.1) is 0 Å². The van der Waals surface area contributed by atoms with Gasteiger partial charge in [0.25, 0.3) is 0 Å². The molecule has 0 spiro atoms. The van der Waals surface area contributed by atoms with Crippen LogP contribution in [0.4, 0.5) is 0 Å². The Labute approximate surface area is 176 Å². The molecule has 6 nitrogen and oxygen atoms in total. The first-order valence-electron chi connectivity index (χ1n) is 10.3. The highest BCUT2D eigenvalue weighted by molar-refractivity contribution is 6.71. The first-order chi connectivity index (χ1) is 12.3. The van der Waals surface area contributed by atoms with Crippen LogP contribution in [0.25, 0.3) is 0 Å². The average molecular weight is 469 g/mol. The summed E-state index contributed by atoms with van der Waals surface area (Å²) in [5.74, 6) is 0. The molecule has 1 fully saturated rings. The van der Waals surface area contributed by atoms with Crippen molar-refractivity contribution in [3.63, 3.8) is 0 Å². The van der Waals surface area contributed by atoms with Gasteiger partial charge in [0.1, 0.15) is 24.4 Å². The van der Waals surface area contributed by atoms with Gasteiger partial charge < -0.3 is 27.5 Å². The number of rotatable bonds is 9. The van der Waals surface area contributed by atoms with Gasteiger partial charge in [0, 0.05) is 0 Å². The maximum Gasteiger partial charge on any atom is 0.184 e. The van der Waals surface area contributed by atoms with Gasteiger partial charge in [-0.1, -0.05) is 0 Å². The van der Waals surface area contributed by atoms with Gasteiger partial charge >= 0.3 is 0 Å². The van der Waals surface area contributed by atoms with Crippen molar-refractivity contribution in [2.24, 2.45) is 0 Å². The van der Waals surface area contributed by atoms with E-state index in [4.69, 9.17) is 22.4 Å². The molecule has 0 aromatic heterocycles. The van der Waals surface area contributed by atoms with Crippen LogP contribution in [0, 0.1) is 0 Å². The fraction of sp³-hybridized carbons (Fsp3) is 1.00. The van der Waals surface area contributed by atoms with Gasteiger partial charge in [0.15, 0.2) is 39.6 Å². The first kappa shape index (κ1) is 26.7. The van der Waals surface area contributed by atoms with E-state index in [1.54, 1.807) is 0 Å². The second-order valence-electron chi connectivity index (χ2n) is 11.6. The second-order valence-corrected chi connectivity index (χ2v) is 29.5. The minimum Gasteiger partial charge on any atom is -0.415 e. The molecule has 1 aliphatic rings. The Bertz CT molecular complexity index is 492. The highest BCUT2D eigenvalue weighted by Gasteiger charge is 2.51. The SMILES string of the molecule is C[Si](C)(C)OCC1OC(O)C(O[Si](C)(C)C)C(O[Si](C)(C)C)C1O[Si](C)(C)C. The number of hydrogen-bond donors (Lipinski definition) is 1. The van der Waals surface area contributed by atoms with Gasteiger partial charge in [-0.2, -0.15) is 0 Å². The molecule has 0 aromatic rings. The van der Waals surface area contributed by atoms with Crippen LogP contribution in [0.5, 0.6) is 0 Å². The zero-order valence-corrected chi connectivity index (χ0v) is 24.1. The van der Waals surface area contributed by atoms with Crippen molar-refractivity contribution in [2.75, 3.05) is 6.61 Å². The molecule has 0 aliphatic carbocycles. The second kappa shape index (κ2) is 9.41. The minimum atomic E-state index is -1.94. The van der Waals surface area contributed by atoms with Crippen LogP contribution in [0.2, 0.25) is 78.6 Å². The van der Waals surface area contributed by atoms with E-state index >= 15 is 0 Å². The molecule has 0 aromatic carbocycles. The molecule has 1 N–H and O–H groups in total. The van der Waals surface area contributed by atoms with E-state index in [0.717, 1.165) is 0 Å². The van der Waals surface area contributed by atoms with E-state index in [2.05, 4.69) is 78.6 Å². The van der Waals surface area contributed by atoms with Crippen LogP contribution in [0.1, 0.15) is 0 Å². The third-order valence-electron chi connectivity index (χ3n) is 3.76. The van der Waals surface area contributed by atoms with Crippen molar-refractivity contribution in [1.29, 1.82) is 0 Å². The van der Waals surface area contributed by atoms with Gasteiger partial charge in [0.2, 0.25) is 0 Å². The van der Waals surface area contributed by atoms with E-state index in [1.807, 2.05) is 0 Å². The summed E-state index contributed by atoms with van der Waals surface area (Å²) in [7, 11) is -7.50. The predicted octanol–water partition coefficient (Wildman–Crippen LogP) is 4.22. The van der Waals surface area contributed by atoms with E-state index in [0.29, 0.717) is 6.61 Å². The van der Waals surface area contributed by atoms with Crippen molar-refractivity contribution < 1.29 is 27.5 Å². The smallest absolute Gasteiger partial charge is 0.184 e. The summed E-state index contributed by atoms with van der Waals surface area (Å²) in [6.45, 7) is 26.1. The van der Waals surface area contributed by atoms with Crippen molar-refractivity contribution in [1.82, 2.24) is 0 Å². The number of aliphatic hydroxyl groups is 1. The maximum atomic E-state index is 10.8. The molecule has 0 radical (unpaired) electrons. The molecule has 168 valence electrons. The Hall–Kier alpha value is 0.628. The summed E-state index contributed by atoms with van der Waals surface area (Å²) in [4.78, 5) is 0. The van der Waals surface area contributed by atoms with Crippen molar-refractivity contribution in [2.45, 2.75) is 109 Å². The molecule has 5 unspecified atom stereocenters. The van der Waals surface area contributed by atoms with Gasteiger partial charge in [-0.05, 0) is 78.6 Å². The highest BCUT2D eigenvalue weighted by Crippen LogP contribution is 2.33. The lowest BCUT2D eigenvalue weighted by atomic mass is 9.99. The lowest BCUT2D eigenvalue weighted by molar-refractivity contribution is -0.274. The Morgan fingerprint density at radius 1 is 0.607 bits per heavy atom. The minimum absolute atomic E-state index is 0.320. The molecule has 28 heavy (non-hydrogen) atoms. The average Bonchev–Trinajstić information content (AvgIpc) is 2.39. The van der Waals surface area contributed by atoms with E-state index in [1.165, 1.54) is 0 Å². The van der Waals surface area contributed by atoms with Crippen LogP contribution in [-0.4, -0.2) is 75.7 Å². The maximum absolute atomic E-state index is 10.8. The monoisotopic (exact) mass is 468 g/mol. The molecule has 0 amide bonds. The largest absolute Gasteiger partial charge is 0.415 e. The number of aliphatic hydroxyl groups excluding tert-OH is 1. The summed E-state index contributed by atoms with van der Waals surface area (Å²) in [6, 6.07) is 0. The fourth-order valence-electron chi connectivity index (χ4n) is 2.99. The summed E-state index contributed by atoms with van der Waals surface area (Å²) >= 11 is 0. The molecular weight excluding hydrogens is 425 g/mol. The van der Waals surface area contributed by atoms with Gasteiger partial charge in [-0.25, -0.2) is 0 Å². The van der Waals surface area contributed by atoms with E-state index < -0.39 is 45.7 Å². The Balaban J connectivity index is 3.26. The van der Waals surface area contributed by atoms with Crippen molar-refractivity contribution >= 4 is 33.3 Å². The summed E-state index contributed by atoms with van der Waals surface area (Å²) in [5, 5.41) is 10.8. The summed E-state index contributed by atoms with van der Waals surface area (Å²) in [6.07, 6.45) is -2.67. The Morgan fingerprint density at radius 2 is 1.00 bits per heavy atom. The molecule has 1 rings (SSSR count). The van der Waals surface area contributed by atoms with Crippen molar-refractivity contribution in [3.05, 3.63) is 0 Å². The van der Waals surface area contributed by atoms with Crippen LogP contribution in [-0.2, 0) is 22.4 Å². The molecule has 10 heteroatoms. The van der Waals surface area contributed by atoms with Gasteiger partial charge in [0.05, 0.1) is 6.61 Å². The quantitative estimate of drug-likeness (QED) is 0.511. The topological polar surface area (TPSA) is 66.4 Å². The molecule has 1 heterocycles. The van der Waals surface area contributed by atoms with Crippen LogP contribution < -0.4 is 0 Å². The normalized spacial score (nSPS) is 30.5. The molecule has 1 aliphatic heterocycles. The number of ether oxygens (including phenoxy) is 1. The predicted molar refractivity (Wildman–Crippen MR) is 125 cm³/mol. The zero-order valence-electron chi connectivity index (χ0n) is 20.1. The highest BCUT2D eigenvalue weighted by atomic mass is 28.4. The lowest BCUT2D eigenvalue weighted by Crippen LogP contribution is -2.66. The van der Waals surface area contributed by atoms with Crippen molar-refractivity contribution in [3.8, 4) is 0 Å². The summed E-state index contributed by atoms with van der Waals surface area (Å²) in [5.41, 5.74) is 0. The van der Waals surface area contributed by atoms with E-state index in [-0.39, 0.29) is 18.3 Å². The molecule has 0 bridgehead atoms. The van der Waals surface area contributed by atoms with E-state index in [9.17, 15) is 5.11 Å². The van der Waals surface area contributed by atoms with Gasteiger partial charge in [-0.3, -0.25) is 0 Å². The third kappa shape index (κ3) is 10.1. The Kier molecular flexibility index (Phi) is 8.96. The van der Waals surface area contributed by atoms with Crippen LogP contribution in [0.15, 0.2) is 0 Å². The number of hydrogen-bond acceptors (Lipinski definition) is 6. The third-order valence-corrected chi connectivity index (χ3v) is 7.73. The zero-order chi connectivity index (χ0) is 22.1. The summed E-state index contributed by atoms with van der Waals surface area (Å²) < 4.78 is 31.7. The standard InChI is InChI=1S/C18H44O6Si4/c1-25(2,3)20-13-14-15(22-26(4,5)6)16(23-27(7,8)9)17(18(19)21-14)24-28(10,11)12/h14-19H,13H2,1-12H3. The van der Waals surface area contributed by atoms with Crippen LogP contribution in [0.3, 0.4) is 0 Å². The molecule has 1 saturated heterocycles. The Morgan fingerprint density at radius 3 is 1.39 bits per heavy atom. The molecule has 5 atom stereocenters. The lowest BCUT2D eigenvalue weighted by Gasteiger charge is -2.49. The molecular formula is C18H44O6Si4. The first-order valence-corrected chi connectivity index (χ1v) is 23.9.